The number of hydrogen-bond acceptors (Lipinski definition) is 1. The van der Waals surface area contributed by atoms with Crippen LogP contribution in [0.3, 0.4) is 0 Å². The van der Waals surface area contributed by atoms with Gasteiger partial charge in [0.05, 0.1) is 5.56 Å². The lowest BCUT2D eigenvalue weighted by Gasteiger charge is -2.13. The molecule has 0 atom stereocenters. The molecule has 0 spiro atoms. The highest BCUT2D eigenvalue weighted by atomic mass is 19.4. The summed E-state index contributed by atoms with van der Waals surface area (Å²) < 4.78 is 51.2. The van der Waals surface area contributed by atoms with Gasteiger partial charge in [-0.25, -0.2) is 4.39 Å². The van der Waals surface area contributed by atoms with Crippen molar-refractivity contribution in [1.82, 2.24) is 0 Å². The fourth-order valence-corrected chi connectivity index (χ4v) is 1.65. The van der Waals surface area contributed by atoms with Gasteiger partial charge >= 0.3 is 6.18 Å². The predicted molar refractivity (Wildman–Crippen MR) is 58.5 cm³/mol. The third-order valence-corrected chi connectivity index (χ3v) is 2.46. The first-order chi connectivity index (χ1) is 8.38. The first kappa shape index (κ1) is 12.4. The quantitative estimate of drug-likeness (QED) is 0.757. The Morgan fingerprint density at radius 3 is 2.06 bits per heavy atom. The molecule has 0 bridgehead atoms. The van der Waals surface area contributed by atoms with E-state index in [2.05, 4.69) is 0 Å². The molecule has 0 amide bonds. The standard InChI is InChI=1S/C13H8F4O/c14-9-3-1-8(2-4-9)11-6-5-10(18)7-12(11)13(15,16)17/h1-7,18H. The molecule has 1 nitrogen and oxygen atoms in total. The van der Waals surface area contributed by atoms with E-state index in [4.69, 9.17) is 5.11 Å². The van der Waals surface area contributed by atoms with Crippen molar-refractivity contribution in [3.8, 4) is 16.9 Å². The Kier molecular flexibility index (Phi) is 2.98. The van der Waals surface area contributed by atoms with Gasteiger partial charge in [-0.05, 0) is 35.4 Å². The summed E-state index contributed by atoms with van der Waals surface area (Å²) in [7, 11) is 0. The van der Waals surface area contributed by atoms with E-state index in [9.17, 15) is 17.6 Å². The number of phenols is 1. The zero-order valence-electron chi connectivity index (χ0n) is 9.00. The molecule has 0 heterocycles. The van der Waals surface area contributed by atoms with Gasteiger partial charge in [0, 0.05) is 0 Å². The average Bonchev–Trinajstić information content (AvgIpc) is 2.29. The maximum Gasteiger partial charge on any atom is 0.417 e. The lowest BCUT2D eigenvalue weighted by Crippen LogP contribution is -2.07. The van der Waals surface area contributed by atoms with E-state index in [1.165, 1.54) is 12.1 Å². The van der Waals surface area contributed by atoms with Crippen molar-refractivity contribution in [1.29, 1.82) is 0 Å². The summed E-state index contributed by atoms with van der Waals surface area (Å²) in [5.41, 5.74) is -0.807. The van der Waals surface area contributed by atoms with Crippen molar-refractivity contribution in [3.05, 3.63) is 53.8 Å². The topological polar surface area (TPSA) is 20.2 Å². The average molecular weight is 256 g/mol. The van der Waals surface area contributed by atoms with Gasteiger partial charge in [0.2, 0.25) is 0 Å². The minimum Gasteiger partial charge on any atom is -0.508 e. The van der Waals surface area contributed by atoms with E-state index in [0.717, 1.165) is 24.3 Å². The molecule has 0 fully saturated rings. The van der Waals surface area contributed by atoms with E-state index >= 15 is 0 Å². The Morgan fingerprint density at radius 1 is 0.889 bits per heavy atom. The largest absolute Gasteiger partial charge is 0.508 e. The molecule has 0 aliphatic carbocycles. The van der Waals surface area contributed by atoms with E-state index < -0.39 is 23.3 Å². The van der Waals surface area contributed by atoms with Crippen LogP contribution in [0.25, 0.3) is 11.1 Å². The number of phenolic OH excluding ortho intramolecular Hbond substituents is 1. The minimum atomic E-state index is -4.58. The Hall–Kier alpha value is -2.04. The minimum absolute atomic E-state index is 0.0969. The molecule has 0 aliphatic rings. The van der Waals surface area contributed by atoms with Gasteiger partial charge in [-0.1, -0.05) is 18.2 Å². The number of alkyl halides is 3. The summed E-state index contributed by atoms with van der Waals surface area (Å²) in [6.07, 6.45) is -4.58. The van der Waals surface area contributed by atoms with Crippen LogP contribution in [0, 0.1) is 5.82 Å². The molecule has 94 valence electrons. The lowest BCUT2D eigenvalue weighted by atomic mass is 9.99. The van der Waals surface area contributed by atoms with Gasteiger partial charge in [-0.2, -0.15) is 13.2 Å². The van der Waals surface area contributed by atoms with Gasteiger partial charge in [-0.15, -0.1) is 0 Å². The third-order valence-electron chi connectivity index (χ3n) is 2.46. The predicted octanol–water partition coefficient (Wildman–Crippen LogP) is 4.22. The molecule has 18 heavy (non-hydrogen) atoms. The third kappa shape index (κ3) is 2.45. The van der Waals surface area contributed by atoms with Gasteiger partial charge in [-0.3, -0.25) is 0 Å². The van der Waals surface area contributed by atoms with Crippen LogP contribution < -0.4 is 0 Å². The van der Waals surface area contributed by atoms with Gasteiger partial charge in [0.25, 0.3) is 0 Å². The van der Waals surface area contributed by atoms with E-state index in [0.29, 0.717) is 6.07 Å². The summed E-state index contributed by atoms with van der Waals surface area (Å²) in [6, 6.07) is 7.66. The van der Waals surface area contributed by atoms with Crippen molar-refractivity contribution in [2.75, 3.05) is 0 Å². The van der Waals surface area contributed by atoms with E-state index in [1.54, 1.807) is 0 Å². The second-order valence-corrected chi connectivity index (χ2v) is 3.73. The lowest BCUT2D eigenvalue weighted by molar-refractivity contribution is -0.137. The smallest absolute Gasteiger partial charge is 0.417 e. The fourth-order valence-electron chi connectivity index (χ4n) is 1.65. The normalized spacial score (nSPS) is 11.6. The molecular weight excluding hydrogens is 248 g/mol. The summed E-state index contributed by atoms with van der Waals surface area (Å²) in [5, 5.41) is 9.13. The first-order valence-electron chi connectivity index (χ1n) is 5.04. The monoisotopic (exact) mass is 256 g/mol. The number of rotatable bonds is 1. The molecule has 0 radical (unpaired) electrons. The Bertz CT molecular complexity index is 558. The number of halogens is 4. The van der Waals surface area contributed by atoms with Crippen LogP contribution in [0.15, 0.2) is 42.5 Å². The summed E-state index contributed by atoms with van der Waals surface area (Å²) in [6.45, 7) is 0. The number of hydrogen-bond donors (Lipinski definition) is 1. The Morgan fingerprint density at radius 2 is 1.50 bits per heavy atom. The molecule has 0 aliphatic heterocycles. The molecule has 2 aromatic carbocycles. The molecular formula is C13H8F4O. The highest BCUT2D eigenvalue weighted by molar-refractivity contribution is 5.69. The molecule has 0 unspecified atom stereocenters. The summed E-state index contributed by atoms with van der Waals surface area (Å²) >= 11 is 0. The maximum atomic E-state index is 12.8. The van der Waals surface area contributed by atoms with Crippen molar-refractivity contribution in [3.63, 3.8) is 0 Å². The second kappa shape index (κ2) is 4.33. The van der Waals surface area contributed by atoms with Gasteiger partial charge < -0.3 is 5.11 Å². The van der Waals surface area contributed by atoms with Crippen LogP contribution in [-0.4, -0.2) is 5.11 Å². The zero-order chi connectivity index (χ0) is 13.3. The van der Waals surface area contributed by atoms with Gasteiger partial charge in [0.15, 0.2) is 0 Å². The van der Waals surface area contributed by atoms with Crippen molar-refractivity contribution < 1.29 is 22.7 Å². The highest BCUT2D eigenvalue weighted by Gasteiger charge is 2.34. The second-order valence-electron chi connectivity index (χ2n) is 3.73. The Balaban J connectivity index is 2.60. The number of aromatic hydroxyl groups is 1. The Labute approximate surface area is 100 Å². The molecule has 0 aromatic heterocycles. The van der Waals surface area contributed by atoms with E-state index in [1.807, 2.05) is 0 Å². The van der Waals surface area contributed by atoms with Crippen LogP contribution in [0.2, 0.25) is 0 Å². The van der Waals surface area contributed by atoms with Crippen LogP contribution in [0.5, 0.6) is 5.75 Å². The van der Waals surface area contributed by atoms with Gasteiger partial charge in [0.1, 0.15) is 11.6 Å². The molecule has 5 heteroatoms. The van der Waals surface area contributed by atoms with Crippen LogP contribution in [0.1, 0.15) is 5.56 Å². The molecule has 0 saturated carbocycles. The van der Waals surface area contributed by atoms with Crippen LogP contribution in [-0.2, 0) is 6.18 Å². The first-order valence-corrected chi connectivity index (χ1v) is 5.04. The molecule has 1 N–H and O–H groups in total. The van der Waals surface area contributed by atoms with Crippen molar-refractivity contribution >= 4 is 0 Å². The summed E-state index contributed by atoms with van der Waals surface area (Å²) in [4.78, 5) is 0. The number of benzene rings is 2. The SMILES string of the molecule is Oc1ccc(-c2ccc(F)cc2)c(C(F)(F)F)c1. The van der Waals surface area contributed by atoms with Crippen molar-refractivity contribution in [2.24, 2.45) is 0 Å². The zero-order valence-corrected chi connectivity index (χ0v) is 9.00. The fraction of sp³-hybridized carbons (Fsp3) is 0.0769. The van der Waals surface area contributed by atoms with Crippen LogP contribution >= 0.6 is 0 Å². The highest BCUT2D eigenvalue weighted by Crippen LogP contribution is 2.38. The van der Waals surface area contributed by atoms with Crippen LogP contribution in [0.4, 0.5) is 17.6 Å². The van der Waals surface area contributed by atoms with E-state index in [-0.39, 0.29) is 11.1 Å². The maximum absolute atomic E-state index is 12.8. The summed E-state index contributed by atoms with van der Waals surface area (Å²) in [5.74, 6) is -0.987. The van der Waals surface area contributed by atoms with Crippen molar-refractivity contribution in [2.45, 2.75) is 6.18 Å². The molecule has 2 aromatic rings. The molecule has 2 rings (SSSR count). The molecule has 0 saturated heterocycles.